The average Bonchev–Trinajstić information content (AvgIpc) is 2.92. The van der Waals surface area contributed by atoms with Gasteiger partial charge >= 0.3 is 5.97 Å². The van der Waals surface area contributed by atoms with E-state index in [2.05, 4.69) is 19.2 Å². The molecular formula is C17H21NO4. The molecule has 5 nitrogen and oxygen atoms in total. The molecule has 1 amide bonds. The van der Waals surface area contributed by atoms with E-state index in [1.807, 2.05) is 0 Å². The Morgan fingerprint density at radius 1 is 1.32 bits per heavy atom. The van der Waals surface area contributed by atoms with Crippen LogP contribution in [0.25, 0.3) is 0 Å². The van der Waals surface area contributed by atoms with Crippen LogP contribution in [-0.2, 0) is 16.0 Å². The molecule has 1 saturated carbocycles. The van der Waals surface area contributed by atoms with Crippen LogP contribution in [0.5, 0.6) is 0 Å². The molecule has 2 aliphatic rings. The standard InChI is InChI=1S/C17H21NO4/c1-17(2)14(12-7-8-22-15(12)17)18-13(19)9-10-3-5-11(6-4-10)16(20)21/h3-6,12,14-15H,7-9H2,1-2H3,(H,18,19)(H,20,21). The lowest BCUT2D eigenvalue weighted by molar-refractivity contribution is -0.137. The number of rotatable bonds is 4. The number of hydrogen-bond donors (Lipinski definition) is 2. The van der Waals surface area contributed by atoms with E-state index < -0.39 is 5.97 Å². The number of nitrogens with one attached hydrogen (secondary N) is 1. The third-order valence-electron chi connectivity index (χ3n) is 4.98. The fraction of sp³-hybridized carbons (Fsp3) is 0.529. The van der Waals surface area contributed by atoms with Crippen molar-refractivity contribution in [1.82, 2.24) is 5.32 Å². The van der Waals surface area contributed by atoms with Crippen molar-refractivity contribution in [3.63, 3.8) is 0 Å². The lowest BCUT2D eigenvalue weighted by atomic mass is 9.57. The van der Waals surface area contributed by atoms with Gasteiger partial charge in [0.1, 0.15) is 0 Å². The molecule has 118 valence electrons. The minimum absolute atomic E-state index is 0.0218. The van der Waals surface area contributed by atoms with Crippen LogP contribution >= 0.6 is 0 Å². The van der Waals surface area contributed by atoms with Crippen LogP contribution in [0.1, 0.15) is 36.2 Å². The molecule has 1 aliphatic heterocycles. The van der Waals surface area contributed by atoms with Gasteiger partial charge in [0.25, 0.3) is 0 Å². The molecule has 0 spiro atoms. The number of benzene rings is 1. The van der Waals surface area contributed by atoms with Crippen molar-refractivity contribution in [2.75, 3.05) is 6.61 Å². The van der Waals surface area contributed by atoms with Crippen LogP contribution in [0.3, 0.4) is 0 Å². The number of carboxylic acid groups (broad SMARTS) is 1. The summed E-state index contributed by atoms with van der Waals surface area (Å²) < 4.78 is 5.73. The van der Waals surface area contributed by atoms with Crippen molar-refractivity contribution in [2.24, 2.45) is 11.3 Å². The van der Waals surface area contributed by atoms with Crippen molar-refractivity contribution in [3.05, 3.63) is 35.4 Å². The lowest BCUT2D eigenvalue weighted by Gasteiger charge is -2.54. The summed E-state index contributed by atoms with van der Waals surface area (Å²) in [5.74, 6) is -0.556. The highest BCUT2D eigenvalue weighted by atomic mass is 16.5. The first-order valence-electron chi connectivity index (χ1n) is 7.63. The summed E-state index contributed by atoms with van der Waals surface area (Å²) in [5, 5.41) is 12.0. The van der Waals surface area contributed by atoms with Crippen LogP contribution in [0.2, 0.25) is 0 Å². The SMILES string of the molecule is CC1(C)C(NC(=O)Cc2ccc(C(=O)O)cc2)C2CCOC21. The quantitative estimate of drug-likeness (QED) is 0.890. The van der Waals surface area contributed by atoms with Gasteiger partial charge in [-0.15, -0.1) is 0 Å². The second-order valence-electron chi connectivity index (χ2n) is 6.79. The maximum atomic E-state index is 12.2. The van der Waals surface area contributed by atoms with Gasteiger partial charge in [0.2, 0.25) is 5.91 Å². The van der Waals surface area contributed by atoms with E-state index in [4.69, 9.17) is 9.84 Å². The smallest absolute Gasteiger partial charge is 0.335 e. The molecule has 1 aliphatic carbocycles. The molecule has 5 heteroatoms. The molecule has 1 saturated heterocycles. The van der Waals surface area contributed by atoms with Gasteiger partial charge in [0.15, 0.2) is 0 Å². The highest BCUT2D eigenvalue weighted by Gasteiger charge is 2.59. The number of aromatic carboxylic acids is 1. The van der Waals surface area contributed by atoms with Crippen LogP contribution in [0.15, 0.2) is 24.3 Å². The second-order valence-corrected chi connectivity index (χ2v) is 6.79. The summed E-state index contributed by atoms with van der Waals surface area (Å²) in [4.78, 5) is 23.1. The molecule has 1 aromatic carbocycles. The molecule has 0 bridgehead atoms. The highest BCUT2D eigenvalue weighted by Crippen LogP contribution is 2.52. The molecule has 1 aromatic rings. The number of fused-ring (bicyclic) bond motifs is 1. The molecule has 1 heterocycles. The first-order valence-corrected chi connectivity index (χ1v) is 7.63. The van der Waals surface area contributed by atoms with Gasteiger partial charge in [0.05, 0.1) is 18.1 Å². The first-order chi connectivity index (χ1) is 10.4. The topological polar surface area (TPSA) is 75.6 Å². The lowest BCUT2D eigenvalue weighted by Crippen LogP contribution is -2.66. The number of ether oxygens (including phenoxy) is 1. The highest BCUT2D eigenvalue weighted by molar-refractivity contribution is 5.87. The number of carboxylic acids is 1. The van der Waals surface area contributed by atoms with Crippen molar-refractivity contribution < 1.29 is 19.4 Å². The average molecular weight is 303 g/mol. The fourth-order valence-corrected chi connectivity index (χ4v) is 3.79. The summed E-state index contributed by atoms with van der Waals surface area (Å²) in [5.41, 5.74) is 1.03. The van der Waals surface area contributed by atoms with E-state index >= 15 is 0 Å². The van der Waals surface area contributed by atoms with Gasteiger partial charge in [0, 0.05) is 24.0 Å². The molecule has 0 radical (unpaired) electrons. The summed E-state index contributed by atoms with van der Waals surface area (Å²) in [6.07, 6.45) is 1.53. The minimum atomic E-state index is -0.959. The summed E-state index contributed by atoms with van der Waals surface area (Å²) in [6.45, 7) is 5.04. The van der Waals surface area contributed by atoms with E-state index in [1.165, 1.54) is 12.1 Å². The van der Waals surface area contributed by atoms with Gasteiger partial charge in [-0.2, -0.15) is 0 Å². The van der Waals surface area contributed by atoms with Crippen LogP contribution in [0, 0.1) is 11.3 Å². The van der Waals surface area contributed by atoms with Gasteiger partial charge in [-0.3, -0.25) is 4.79 Å². The monoisotopic (exact) mass is 303 g/mol. The molecule has 2 N–H and O–H groups in total. The van der Waals surface area contributed by atoms with Gasteiger partial charge in [-0.05, 0) is 24.1 Å². The Bertz CT molecular complexity index is 593. The van der Waals surface area contributed by atoms with Crippen LogP contribution in [0.4, 0.5) is 0 Å². The van der Waals surface area contributed by atoms with Gasteiger partial charge in [-0.1, -0.05) is 26.0 Å². The maximum absolute atomic E-state index is 12.2. The summed E-state index contributed by atoms with van der Waals surface area (Å²) >= 11 is 0. The van der Waals surface area contributed by atoms with Crippen molar-refractivity contribution in [1.29, 1.82) is 0 Å². The first kappa shape index (κ1) is 15.0. The fourth-order valence-electron chi connectivity index (χ4n) is 3.79. The Morgan fingerprint density at radius 3 is 2.64 bits per heavy atom. The zero-order valence-corrected chi connectivity index (χ0v) is 12.8. The number of hydrogen-bond acceptors (Lipinski definition) is 3. The second kappa shape index (κ2) is 5.39. The molecule has 3 atom stereocenters. The third-order valence-corrected chi connectivity index (χ3v) is 4.98. The van der Waals surface area contributed by atoms with Crippen molar-refractivity contribution >= 4 is 11.9 Å². The van der Waals surface area contributed by atoms with Crippen LogP contribution in [-0.4, -0.2) is 35.7 Å². The third kappa shape index (κ3) is 2.50. The molecular weight excluding hydrogens is 282 g/mol. The largest absolute Gasteiger partial charge is 0.478 e. The van der Waals surface area contributed by atoms with E-state index in [-0.39, 0.29) is 35.5 Å². The van der Waals surface area contributed by atoms with E-state index in [1.54, 1.807) is 12.1 Å². The predicted octanol–water partition coefficient (Wildman–Crippen LogP) is 1.86. The molecule has 3 rings (SSSR count). The normalized spacial score (nSPS) is 28.5. The minimum Gasteiger partial charge on any atom is -0.478 e. The molecule has 0 aromatic heterocycles. The maximum Gasteiger partial charge on any atom is 0.335 e. The van der Waals surface area contributed by atoms with Gasteiger partial charge in [-0.25, -0.2) is 4.79 Å². The van der Waals surface area contributed by atoms with E-state index in [9.17, 15) is 9.59 Å². The van der Waals surface area contributed by atoms with Gasteiger partial charge < -0.3 is 15.2 Å². The van der Waals surface area contributed by atoms with Crippen LogP contribution < -0.4 is 5.32 Å². The Hall–Kier alpha value is -1.88. The van der Waals surface area contributed by atoms with Crippen molar-refractivity contribution in [2.45, 2.75) is 38.8 Å². The number of carbonyl (C=O) groups is 2. The predicted molar refractivity (Wildman–Crippen MR) is 80.7 cm³/mol. The Morgan fingerprint density at radius 2 is 2.00 bits per heavy atom. The molecule has 3 unspecified atom stereocenters. The zero-order valence-electron chi connectivity index (χ0n) is 12.8. The van der Waals surface area contributed by atoms with Crippen molar-refractivity contribution in [3.8, 4) is 0 Å². The Balaban J connectivity index is 1.60. The van der Waals surface area contributed by atoms with E-state index in [0.717, 1.165) is 18.6 Å². The Labute approximate surface area is 129 Å². The molecule has 2 fully saturated rings. The van der Waals surface area contributed by atoms with E-state index in [0.29, 0.717) is 5.92 Å². The number of amides is 1. The zero-order chi connectivity index (χ0) is 15.9. The molecule has 22 heavy (non-hydrogen) atoms. The number of carbonyl (C=O) groups excluding carboxylic acids is 1. The summed E-state index contributed by atoms with van der Waals surface area (Å²) in [7, 11) is 0. The summed E-state index contributed by atoms with van der Waals surface area (Å²) in [6, 6.07) is 6.59. The Kier molecular flexibility index (Phi) is 3.68.